The minimum absolute atomic E-state index is 0.0568. The number of hydrogen-bond donors (Lipinski definition) is 2. The number of anilines is 1. The van der Waals surface area contributed by atoms with Gasteiger partial charge in [0.05, 0.1) is 5.56 Å². The zero-order valence-corrected chi connectivity index (χ0v) is 16.2. The summed E-state index contributed by atoms with van der Waals surface area (Å²) < 4.78 is 57.2. The summed E-state index contributed by atoms with van der Waals surface area (Å²) in [6.45, 7) is 1.61. The van der Waals surface area contributed by atoms with E-state index in [-0.39, 0.29) is 35.9 Å². The lowest BCUT2D eigenvalue weighted by Crippen LogP contribution is -2.48. The number of hydrogen-bond acceptors (Lipinski definition) is 3. The Morgan fingerprint density at radius 2 is 1.70 bits per heavy atom. The summed E-state index contributed by atoms with van der Waals surface area (Å²) in [6.07, 6.45) is 0.758. The van der Waals surface area contributed by atoms with Crippen LogP contribution in [0.1, 0.15) is 34.3 Å². The lowest BCUT2D eigenvalue weighted by atomic mass is 10.0. The molecule has 2 amide bonds. The van der Waals surface area contributed by atoms with Crippen molar-refractivity contribution in [3.05, 3.63) is 64.7 Å². The maximum absolute atomic E-state index is 14.8. The molecule has 0 spiro atoms. The summed E-state index contributed by atoms with van der Waals surface area (Å²) in [5, 5.41) is 2.44. The quantitative estimate of drug-likeness (QED) is 0.739. The Morgan fingerprint density at radius 1 is 1.07 bits per heavy atom. The Hall–Kier alpha value is -2.94. The molecule has 1 heterocycles. The van der Waals surface area contributed by atoms with Gasteiger partial charge in [0.15, 0.2) is 0 Å². The van der Waals surface area contributed by atoms with Crippen LogP contribution in [0.3, 0.4) is 0 Å². The van der Waals surface area contributed by atoms with Crippen molar-refractivity contribution in [2.45, 2.75) is 31.7 Å². The molecule has 0 radical (unpaired) electrons. The highest BCUT2D eigenvalue weighted by Crippen LogP contribution is 2.34. The van der Waals surface area contributed by atoms with Crippen molar-refractivity contribution < 1.29 is 27.2 Å². The fraction of sp³-hybridized carbons (Fsp3) is 0.333. The Bertz CT molecular complexity index is 973. The molecule has 0 bridgehead atoms. The second-order valence-corrected chi connectivity index (χ2v) is 7.32. The van der Waals surface area contributed by atoms with Crippen molar-refractivity contribution >= 4 is 17.5 Å². The van der Waals surface area contributed by atoms with Crippen LogP contribution in [0.2, 0.25) is 0 Å². The zero-order chi connectivity index (χ0) is 22.1. The molecule has 0 atom stereocenters. The maximum atomic E-state index is 14.8. The highest BCUT2D eigenvalue weighted by molar-refractivity contribution is 6.04. The number of aryl methyl sites for hydroxylation is 1. The monoisotopic (exact) mass is 423 g/mol. The molecule has 160 valence electrons. The van der Waals surface area contributed by atoms with Crippen LogP contribution in [0.5, 0.6) is 0 Å². The molecule has 3 rings (SSSR count). The van der Waals surface area contributed by atoms with E-state index in [2.05, 4.69) is 5.32 Å². The number of halogens is 4. The topological polar surface area (TPSA) is 75.4 Å². The number of benzene rings is 2. The highest BCUT2D eigenvalue weighted by atomic mass is 19.3. The van der Waals surface area contributed by atoms with E-state index in [0.29, 0.717) is 25.0 Å². The molecule has 1 aliphatic rings. The number of nitrogens with zero attached hydrogens (tertiary/aromatic N) is 1. The van der Waals surface area contributed by atoms with Gasteiger partial charge in [0, 0.05) is 30.4 Å². The number of nitrogens with two attached hydrogens (primary N) is 1. The summed E-state index contributed by atoms with van der Waals surface area (Å²) in [6, 6.07) is 6.08. The first-order valence-corrected chi connectivity index (χ1v) is 9.40. The third-order valence-corrected chi connectivity index (χ3v) is 5.08. The van der Waals surface area contributed by atoms with Crippen molar-refractivity contribution in [2.75, 3.05) is 18.4 Å². The van der Waals surface area contributed by atoms with E-state index in [9.17, 15) is 27.2 Å². The number of piperidine rings is 1. The van der Waals surface area contributed by atoms with E-state index in [0.717, 1.165) is 17.0 Å². The molecule has 1 aliphatic heterocycles. The maximum Gasteiger partial charge on any atom is 0.352 e. The van der Waals surface area contributed by atoms with Crippen LogP contribution in [-0.4, -0.2) is 35.8 Å². The largest absolute Gasteiger partial charge is 0.352 e. The molecule has 0 aliphatic carbocycles. The van der Waals surface area contributed by atoms with Gasteiger partial charge < -0.3 is 16.0 Å². The van der Waals surface area contributed by atoms with Crippen molar-refractivity contribution in [3.8, 4) is 0 Å². The summed E-state index contributed by atoms with van der Waals surface area (Å²) >= 11 is 0. The van der Waals surface area contributed by atoms with E-state index in [1.807, 2.05) is 0 Å². The summed E-state index contributed by atoms with van der Waals surface area (Å²) in [7, 11) is 0. The van der Waals surface area contributed by atoms with Crippen LogP contribution in [0.25, 0.3) is 0 Å². The van der Waals surface area contributed by atoms with Gasteiger partial charge >= 0.3 is 5.92 Å². The molecule has 0 aromatic heterocycles. The van der Waals surface area contributed by atoms with Crippen LogP contribution >= 0.6 is 0 Å². The first-order chi connectivity index (χ1) is 14.1. The Labute approximate surface area is 170 Å². The van der Waals surface area contributed by atoms with Gasteiger partial charge in [-0.25, -0.2) is 8.78 Å². The fourth-order valence-electron chi connectivity index (χ4n) is 3.25. The van der Waals surface area contributed by atoms with Gasteiger partial charge in [-0.05, 0) is 61.7 Å². The average molecular weight is 423 g/mol. The standard InChI is InChI=1S/C21H21F4N3O2/c1-12-10-15(3-5-17(12)22)27-19(29)13-2-4-18(23)16(11-13)21(24,25)20(30)28-8-6-14(26)7-9-28/h2-5,10-11,14H,6-9,26H2,1H3,(H,27,29). The number of alkyl halides is 2. The van der Waals surface area contributed by atoms with Gasteiger partial charge in [-0.15, -0.1) is 0 Å². The van der Waals surface area contributed by atoms with Gasteiger partial charge in [-0.1, -0.05) is 0 Å². The Morgan fingerprint density at radius 3 is 2.33 bits per heavy atom. The van der Waals surface area contributed by atoms with Crippen molar-refractivity contribution in [2.24, 2.45) is 5.73 Å². The predicted octanol–water partition coefficient (Wildman–Crippen LogP) is 3.57. The third-order valence-electron chi connectivity index (χ3n) is 5.08. The predicted molar refractivity (Wildman–Crippen MR) is 103 cm³/mol. The zero-order valence-electron chi connectivity index (χ0n) is 16.2. The van der Waals surface area contributed by atoms with E-state index >= 15 is 0 Å². The van der Waals surface area contributed by atoms with Crippen LogP contribution in [0.4, 0.5) is 23.2 Å². The van der Waals surface area contributed by atoms with Crippen LogP contribution in [0, 0.1) is 18.6 Å². The first-order valence-electron chi connectivity index (χ1n) is 9.40. The smallest absolute Gasteiger partial charge is 0.337 e. The number of carbonyl (C=O) groups is 2. The van der Waals surface area contributed by atoms with Gasteiger partial charge in [0.1, 0.15) is 11.6 Å². The third kappa shape index (κ3) is 4.46. The molecule has 3 N–H and O–H groups in total. The molecule has 1 saturated heterocycles. The molecular weight excluding hydrogens is 402 g/mol. The normalized spacial score (nSPS) is 15.2. The van der Waals surface area contributed by atoms with E-state index in [4.69, 9.17) is 5.73 Å². The summed E-state index contributed by atoms with van der Waals surface area (Å²) in [5.74, 6) is -8.23. The fourth-order valence-corrected chi connectivity index (χ4v) is 3.25. The molecule has 0 saturated carbocycles. The van der Waals surface area contributed by atoms with E-state index in [1.54, 1.807) is 0 Å². The molecule has 2 aromatic rings. The van der Waals surface area contributed by atoms with E-state index in [1.165, 1.54) is 19.1 Å². The Kier molecular flexibility index (Phi) is 6.12. The van der Waals surface area contributed by atoms with Gasteiger partial charge in [-0.2, -0.15) is 8.78 Å². The lowest BCUT2D eigenvalue weighted by Gasteiger charge is -2.32. The number of rotatable bonds is 4. The van der Waals surface area contributed by atoms with Crippen LogP contribution in [0.15, 0.2) is 36.4 Å². The molecule has 5 nitrogen and oxygen atoms in total. The number of nitrogens with one attached hydrogen (secondary N) is 1. The Balaban J connectivity index is 1.83. The van der Waals surface area contributed by atoms with Crippen LogP contribution < -0.4 is 11.1 Å². The molecule has 9 heteroatoms. The molecule has 1 fully saturated rings. The van der Waals surface area contributed by atoms with Crippen molar-refractivity contribution in [3.63, 3.8) is 0 Å². The van der Waals surface area contributed by atoms with Gasteiger partial charge in [0.25, 0.3) is 11.8 Å². The molecule has 30 heavy (non-hydrogen) atoms. The van der Waals surface area contributed by atoms with Crippen molar-refractivity contribution in [1.82, 2.24) is 4.90 Å². The minimum atomic E-state index is -4.14. The second-order valence-electron chi connectivity index (χ2n) is 7.32. The average Bonchev–Trinajstić information content (AvgIpc) is 2.71. The van der Waals surface area contributed by atoms with Crippen LogP contribution in [-0.2, 0) is 10.7 Å². The number of likely N-dealkylation sites (tertiary alicyclic amines) is 1. The first kappa shape index (κ1) is 21.8. The highest BCUT2D eigenvalue weighted by Gasteiger charge is 2.46. The molecular formula is C21H21F4N3O2. The second kappa shape index (κ2) is 8.43. The molecule has 2 aromatic carbocycles. The van der Waals surface area contributed by atoms with Gasteiger partial charge in [0.2, 0.25) is 0 Å². The van der Waals surface area contributed by atoms with Crippen molar-refractivity contribution in [1.29, 1.82) is 0 Å². The minimum Gasteiger partial charge on any atom is -0.337 e. The summed E-state index contributed by atoms with van der Waals surface area (Å²) in [4.78, 5) is 25.7. The number of carbonyl (C=O) groups excluding carboxylic acids is 2. The lowest BCUT2D eigenvalue weighted by molar-refractivity contribution is -0.160. The van der Waals surface area contributed by atoms with Gasteiger partial charge in [-0.3, -0.25) is 9.59 Å². The SMILES string of the molecule is Cc1cc(NC(=O)c2ccc(F)c(C(F)(F)C(=O)N3CCC(N)CC3)c2)ccc1F. The van der Waals surface area contributed by atoms with E-state index < -0.39 is 34.9 Å². The number of amides is 2. The molecule has 0 unspecified atom stereocenters. The summed E-state index contributed by atoms with van der Waals surface area (Å²) in [5.41, 5.74) is 4.82.